The van der Waals surface area contributed by atoms with Crippen molar-refractivity contribution >= 4 is 29.2 Å². The molecule has 0 aliphatic carbocycles. The quantitative estimate of drug-likeness (QED) is 0.303. The molecule has 0 radical (unpaired) electrons. The monoisotopic (exact) mass is 410 g/mol. The van der Waals surface area contributed by atoms with E-state index in [9.17, 15) is 24.5 Å². The van der Waals surface area contributed by atoms with Crippen LogP contribution in [-0.4, -0.2) is 41.9 Å². The zero-order chi connectivity index (χ0) is 22.1. The van der Waals surface area contributed by atoms with Gasteiger partial charge < -0.3 is 10.1 Å². The third-order valence-corrected chi connectivity index (χ3v) is 3.96. The number of nitrogens with zero attached hydrogens (tertiary/aromatic N) is 3. The summed E-state index contributed by atoms with van der Waals surface area (Å²) >= 11 is 0. The van der Waals surface area contributed by atoms with E-state index in [4.69, 9.17) is 10.00 Å². The second kappa shape index (κ2) is 10.3. The van der Waals surface area contributed by atoms with Gasteiger partial charge in [0, 0.05) is 23.4 Å². The maximum atomic E-state index is 12.4. The van der Waals surface area contributed by atoms with E-state index >= 15 is 0 Å². The first-order chi connectivity index (χ1) is 14.3. The summed E-state index contributed by atoms with van der Waals surface area (Å²) < 4.78 is 4.95. The van der Waals surface area contributed by atoms with E-state index in [0.717, 1.165) is 6.07 Å². The molecule has 0 aliphatic rings. The Morgan fingerprint density at radius 3 is 2.53 bits per heavy atom. The molecule has 2 rings (SSSR count). The molecule has 154 valence electrons. The van der Waals surface area contributed by atoms with Crippen molar-refractivity contribution in [2.75, 3.05) is 18.1 Å². The van der Waals surface area contributed by atoms with Gasteiger partial charge in [0.15, 0.2) is 6.61 Å². The zero-order valence-electron chi connectivity index (χ0n) is 16.0. The predicted octanol–water partition coefficient (Wildman–Crippen LogP) is 1.81. The second-order valence-electron chi connectivity index (χ2n) is 6.08. The minimum Gasteiger partial charge on any atom is -0.454 e. The van der Waals surface area contributed by atoms with Crippen LogP contribution in [0.15, 0.2) is 54.6 Å². The topological polar surface area (TPSA) is 143 Å². The summed E-state index contributed by atoms with van der Waals surface area (Å²) in [5, 5.41) is 22.1. The van der Waals surface area contributed by atoms with E-state index in [1.165, 1.54) is 30.0 Å². The van der Waals surface area contributed by atoms with E-state index in [0.29, 0.717) is 5.69 Å². The van der Waals surface area contributed by atoms with Gasteiger partial charge >= 0.3 is 5.97 Å². The highest BCUT2D eigenvalue weighted by atomic mass is 16.6. The summed E-state index contributed by atoms with van der Waals surface area (Å²) in [6, 6.07) is 14.2. The number of nitriles is 1. The molecule has 30 heavy (non-hydrogen) atoms. The molecular weight excluding hydrogens is 392 g/mol. The van der Waals surface area contributed by atoms with Gasteiger partial charge in [-0.2, -0.15) is 5.26 Å². The Balaban J connectivity index is 1.94. The second-order valence-corrected chi connectivity index (χ2v) is 6.08. The van der Waals surface area contributed by atoms with Crippen molar-refractivity contribution in [1.82, 2.24) is 5.32 Å². The van der Waals surface area contributed by atoms with Gasteiger partial charge in [0.2, 0.25) is 0 Å². The highest BCUT2D eigenvalue weighted by Crippen LogP contribution is 2.14. The van der Waals surface area contributed by atoms with Crippen LogP contribution in [0.25, 0.3) is 0 Å². The molecule has 0 spiro atoms. The van der Waals surface area contributed by atoms with E-state index in [2.05, 4.69) is 5.32 Å². The number of carbonyl (C=O) groups is 3. The van der Waals surface area contributed by atoms with Gasteiger partial charge in [-0.1, -0.05) is 24.3 Å². The molecule has 0 saturated carbocycles. The minimum absolute atomic E-state index is 0.00389. The zero-order valence-corrected chi connectivity index (χ0v) is 16.0. The Labute approximate surface area is 171 Å². The molecule has 0 fully saturated rings. The van der Waals surface area contributed by atoms with Gasteiger partial charge in [-0.05, 0) is 25.1 Å². The van der Waals surface area contributed by atoms with E-state index < -0.39 is 35.4 Å². The molecular formula is C20H18N4O6. The number of para-hydroxylation sites is 1. The number of benzene rings is 2. The maximum Gasteiger partial charge on any atom is 0.328 e. The van der Waals surface area contributed by atoms with E-state index in [-0.39, 0.29) is 17.8 Å². The highest BCUT2D eigenvalue weighted by molar-refractivity contribution is 5.98. The first-order valence-corrected chi connectivity index (χ1v) is 8.77. The molecule has 0 aliphatic heterocycles. The first-order valence-electron chi connectivity index (χ1n) is 8.77. The molecule has 0 heterocycles. The van der Waals surface area contributed by atoms with Gasteiger partial charge in [-0.25, -0.2) is 4.79 Å². The van der Waals surface area contributed by atoms with Crippen molar-refractivity contribution in [2.45, 2.75) is 13.0 Å². The molecule has 1 N–H and O–H groups in total. The van der Waals surface area contributed by atoms with Crippen molar-refractivity contribution in [3.63, 3.8) is 0 Å². The lowest BCUT2D eigenvalue weighted by atomic mass is 10.2. The lowest BCUT2D eigenvalue weighted by molar-refractivity contribution is -0.384. The Bertz CT molecular complexity index is 986. The van der Waals surface area contributed by atoms with Crippen LogP contribution in [0.3, 0.4) is 0 Å². The number of carbonyl (C=O) groups excluding carboxylic acids is 3. The number of nitro groups is 1. The first kappa shape index (κ1) is 22.0. The number of ether oxygens (including phenoxy) is 1. The molecule has 0 bridgehead atoms. The molecule has 2 amide bonds. The van der Waals surface area contributed by atoms with Gasteiger partial charge in [0.25, 0.3) is 17.5 Å². The van der Waals surface area contributed by atoms with Crippen LogP contribution in [0.4, 0.5) is 11.4 Å². The summed E-state index contributed by atoms with van der Waals surface area (Å²) in [6.45, 7) is 0.512. The fourth-order valence-electron chi connectivity index (χ4n) is 2.44. The van der Waals surface area contributed by atoms with Crippen LogP contribution in [0.5, 0.6) is 0 Å². The van der Waals surface area contributed by atoms with Crippen LogP contribution >= 0.6 is 0 Å². The van der Waals surface area contributed by atoms with Crippen LogP contribution in [0.1, 0.15) is 17.3 Å². The van der Waals surface area contributed by atoms with Gasteiger partial charge in [-0.15, -0.1) is 0 Å². The van der Waals surface area contributed by atoms with Gasteiger partial charge in [0.1, 0.15) is 12.6 Å². The SMILES string of the molecule is CC(NC(=O)c1cccc([N+](=O)[O-])c1)C(=O)OCC(=O)N(CC#N)c1ccccc1. The lowest BCUT2D eigenvalue weighted by Gasteiger charge is -2.20. The number of nitro benzene ring substituents is 1. The predicted molar refractivity (Wildman–Crippen MR) is 105 cm³/mol. The molecule has 1 unspecified atom stereocenters. The Morgan fingerprint density at radius 1 is 1.20 bits per heavy atom. The largest absolute Gasteiger partial charge is 0.454 e. The molecule has 1 atom stereocenters. The van der Waals surface area contributed by atoms with Crippen molar-refractivity contribution in [3.05, 3.63) is 70.3 Å². The molecule has 0 aromatic heterocycles. The van der Waals surface area contributed by atoms with Crippen molar-refractivity contribution in [3.8, 4) is 6.07 Å². The maximum absolute atomic E-state index is 12.4. The number of anilines is 1. The smallest absolute Gasteiger partial charge is 0.328 e. The number of esters is 1. The number of rotatable bonds is 8. The average Bonchev–Trinajstić information content (AvgIpc) is 2.76. The molecule has 2 aromatic rings. The average molecular weight is 410 g/mol. The standard InChI is InChI=1S/C20H18N4O6/c1-14(22-19(26)15-6-5-9-17(12-15)24(28)29)20(27)30-13-18(25)23(11-10-21)16-7-3-2-4-8-16/h2-9,12,14H,11,13H2,1H3,(H,22,26). The van der Waals surface area contributed by atoms with Crippen LogP contribution < -0.4 is 10.2 Å². The Hall–Kier alpha value is -4.26. The van der Waals surface area contributed by atoms with Crippen molar-refractivity contribution in [1.29, 1.82) is 5.26 Å². The third-order valence-electron chi connectivity index (χ3n) is 3.96. The van der Waals surface area contributed by atoms with Crippen molar-refractivity contribution < 1.29 is 24.0 Å². The number of amides is 2. The number of non-ortho nitro benzene ring substituents is 1. The summed E-state index contributed by atoms with van der Waals surface area (Å²) in [7, 11) is 0. The van der Waals surface area contributed by atoms with Gasteiger partial charge in [-0.3, -0.25) is 24.6 Å². The Morgan fingerprint density at radius 2 is 1.90 bits per heavy atom. The van der Waals surface area contributed by atoms with E-state index in [1.807, 2.05) is 6.07 Å². The van der Waals surface area contributed by atoms with Gasteiger partial charge in [0.05, 0.1) is 11.0 Å². The van der Waals surface area contributed by atoms with Crippen LogP contribution in [0, 0.1) is 21.4 Å². The fourth-order valence-corrected chi connectivity index (χ4v) is 2.44. The number of hydrogen-bond acceptors (Lipinski definition) is 7. The van der Waals surface area contributed by atoms with Crippen LogP contribution in [-0.2, 0) is 14.3 Å². The fraction of sp³-hybridized carbons (Fsp3) is 0.200. The normalized spacial score (nSPS) is 10.9. The summed E-state index contributed by atoms with van der Waals surface area (Å²) in [6.07, 6.45) is 0. The molecule has 2 aromatic carbocycles. The van der Waals surface area contributed by atoms with E-state index in [1.54, 1.807) is 30.3 Å². The summed E-state index contributed by atoms with van der Waals surface area (Å²) in [5.74, 6) is -2.18. The number of hydrogen-bond donors (Lipinski definition) is 1. The molecule has 0 saturated heterocycles. The molecule has 10 nitrogen and oxygen atoms in total. The lowest BCUT2D eigenvalue weighted by Crippen LogP contribution is -2.41. The van der Waals surface area contributed by atoms with Crippen LogP contribution in [0.2, 0.25) is 0 Å². The summed E-state index contributed by atoms with van der Waals surface area (Å²) in [5.41, 5.74) is 0.221. The third kappa shape index (κ3) is 5.87. The van der Waals surface area contributed by atoms with Crippen molar-refractivity contribution in [2.24, 2.45) is 0 Å². The number of nitrogens with one attached hydrogen (secondary N) is 1. The minimum atomic E-state index is -1.11. The molecule has 10 heteroatoms. The highest BCUT2D eigenvalue weighted by Gasteiger charge is 2.22. The summed E-state index contributed by atoms with van der Waals surface area (Å²) in [4.78, 5) is 48.0. The Kier molecular flexibility index (Phi) is 7.59.